The van der Waals surface area contributed by atoms with Crippen LogP contribution in [0.2, 0.25) is 0 Å². The van der Waals surface area contributed by atoms with Crippen LogP contribution in [0.3, 0.4) is 0 Å². The Bertz CT molecular complexity index is 112. The molecule has 1 aliphatic heterocycles. The summed E-state index contributed by atoms with van der Waals surface area (Å²) in [5.74, 6) is 0. The van der Waals surface area contributed by atoms with Gasteiger partial charge in [-0.1, -0.05) is 6.58 Å². The van der Waals surface area contributed by atoms with E-state index in [1.807, 2.05) is 7.05 Å². The van der Waals surface area contributed by atoms with Gasteiger partial charge in [-0.15, -0.1) is 0 Å². The van der Waals surface area contributed by atoms with Crippen molar-refractivity contribution in [2.45, 2.75) is 19.0 Å². The first-order valence-electron chi connectivity index (χ1n) is 2.81. The van der Waals surface area contributed by atoms with E-state index < -0.39 is 0 Å². The lowest BCUT2D eigenvalue weighted by atomic mass is 10.3. The molecule has 0 spiro atoms. The van der Waals surface area contributed by atoms with Gasteiger partial charge in [-0.3, -0.25) is 4.90 Å². The zero-order chi connectivity index (χ0) is 6.31. The molecule has 46 valence electrons. The van der Waals surface area contributed by atoms with Crippen LogP contribution in [0.25, 0.3) is 0 Å². The van der Waals surface area contributed by atoms with Gasteiger partial charge in [0.25, 0.3) is 0 Å². The minimum atomic E-state index is 0.454. The van der Waals surface area contributed by atoms with Gasteiger partial charge in [-0.05, 0) is 14.0 Å². The normalized spacial score (nSPS) is 44.0. The molecular weight excluding hydrogens is 100 g/mol. The van der Waals surface area contributed by atoms with Crippen molar-refractivity contribution in [3.05, 3.63) is 12.3 Å². The van der Waals surface area contributed by atoms with Crippen LogP contribution in [-0.2, 0) is 0 Å². The third kappa shape index (κ3) is 0.611. The van der Waals surface area contributed by atoms with E-state index in [2.05, 4.69) is 18.4 Å². The summed E-state index contributed by atoms with van der Waals surface area (Å²) in [7, 11) is 2.05. The predicted octanol–water partition coefficient (Wildman–Crippen LogP) is 0.161. The topological polar surface area (TPSA) is 29.0 Å². The Kier molecular flexibility index (Phi) is 1.05. The molecule has 1 heterocycles. The second-order valence-corrected chi connectivity index (χ2v) is 2.43. The smallest absolute Gasteiger partial charge is 0.0642 e. The van der Waals surface area contributed by atoms with Gasteiger partial charge in [-0.2, -0.15) is 0 Å². The largest absolute Gasteiger partial charge is 0.401 e. The fraction of sp³-hybridized carbons (Fsp3) is 0.667. The zero-order valence-corrected chi connectivity index (χ0v) is 5.39. The van der Waals surface area contributed by atoms with Gasteiger partial charge in [-0.25, -0.2) is 0 Å². The monoisotopic (exact) mass is 112 g/mol. The predicted molar refractivity (Wildman–Crippen MR) is 34.3 cm³/mol. The molecule has 0 aromatic carbocycles. The maximum Gasteiger partial charge on any atom is 0.0642 e. The molecule has 1 aliphatic rings. The minimum Gasteiger partial charge on any atom is -0.401 e. The highest BCUT2D eigenvalue weighted by Crippen LogP contribution is 2.27. The van der Waals surface area contributed by atoms with Gasteiger partial charge in [0.2, 0.25) is 0 Å². The van der Waals surface area contributed by atoms with Crippen LogP contribution < -0.4 is 5.73 Å². The number of nitrogens with two attached hydrogens (primary N) is 1. The molecule has 0 saturated carbocycles. The van der Waals surface area contributed by atoms with E-state index in [0.717, 1.165) is 5.70 Å². The van der Waals surface area contributed by atoms with E-state index in [0.29, 0.717) is 12.1 Å². The molecule has 0 aromatic heterocycles. The third-order valence-corrected chi connectivity index (χ3v) is 1.83. The fourth-order valence-corrected chi connectivity index (χ4v) is 1.07. The lowest BCUT2D eigenvalue weighted by Gasteiger charge is -1.90. The molecule has 0 bridgehead atoms. The van der Waals surface area contributed by atoms with E-state index in [1.165, 1.54) is 0 Å². The highest BCUT2D eigenvalue weighted by atomic mass is 15.3. The summed E-state index contributed by atoms with van der Waals surface area (Å²) >= 11 is 0. The Hall–Kier alpha value is -0.500. The average molecular weight is 112 g/mol. The molecule has 8 heavy (non-hydrogen) atoms. The molecular formula is C6H12N2. The van der Waals surface area contributed by atoms with E-state index in [9.17, 15) is 0 Å². The third-order valence-electron chi connectivity index (χ3n) is 1.83. The Morgan fingerprint density at radius 3 is 2.12 bits per heavy atom. The molecule has 0 radical (unpaired) electrons. The van der Waals surface area contributed by atoms with Gasteiger partial charge in [0.05, 0.1) is 6.04 Å². The lowest BCUT2D eigenvalue weighted by molar-refractivity contribution is 0.610. The Morgan fingerprint density at radius 2 is 2.12 bits per heavy atom. The van der Waals surface area contributed by atoms with E-state index in [1.54, 1.807) is 0 Å². The number of rotatable bonds is 1. The fourth-order valence-electron chi connectivity index (χ4n) is 1.07. The number of nitrogens with zero attached hydrogens (tertiary/aromatic N) is 1. The SMILES string of the molecule is C=C(N)C1C(C)N1C. The molecule has 1 rings (SSSR count). The first-order chi connectivity index (χ1) is 3.64. The second-order valence-electron chi connectivity index (χ2n) is 2.43. The van der Waals surface area contributed by atoms with Gasteiger partial charge < -0.3 is 5.73 Å². The van der Waals surface area contributed by atoms with Crippen LogP contribution in [0.1, 0.15) is 6.92 Å². The summed E-state index contributed by atoms with van der Waals surface area (Å²) in [6.07, 6.45) is 0. The van der Waals surface area contributed by atoms with Crippen LogP contribution in [0.5, 0.6) is 0 Å². The first-order valence-corrected chi connectivity index (χ1v) is 2.81. The molecule has 2 N–H and O–H groups in total. The maximum atomic E-state index is 5.44. The summed E-state index contributed by atoms with van der Waals surface area (Å²) in [5.41, 5.74) is 6.23. The summed E-state index contributed by atoms with van der Waals surface area (Å²) in [6.45, 7) is 5.80. The second kappa shape index (κ2) is 1.49. The average Bonchev–Trinajstić information content (AvgIpc) is 2.15. The van der Waals surface area contributed by atoms with E-state index >= 15 is 0 Å². The molecule has 3 unspecified atom stereocenters. The van der Waals surface area contributed by atoms with Crippen molar-refractivity contribution in [1.29, 1.82) is 0 Å². The first kappa shape index (κ1) is 5.63. The molecule has 1 saturated heterocycles. The molecule has 2 nitrogen and oxygen atoms in total. The molecule has 0 amide bonds. The lowest BCUT2D eigenvalue weighted by Crippen LogP contribution is -2.06. The van der Waals surface area contributed by atoms with Crippen LogP contribution in [0.15, 0.2) is 12.3 Å². The van der Waals surface area contributed by atoms with Crippen molar-refractivity contribution in [3.63, 3.8) is 0 Å². The van der Waals surface area contributed by atoms with Crippen molar-refractivity contribution in [2.75, 3.05) is 7.05 Å². The Labute approximate surface area is 50.0 Å². The Balaban J connectivity index is 2.44. The molecule has 2 heteroatoms. The van der Waals surface area contributed by atoms with Crippen molar-refractivity contribution >= 4 is 0 Å². The van der Waals surface area contributed by atoms with Crippen molar-refractivity contribution in [3.8, 4) is 0 Å². The molecule has 3 atom stereocenters. The van der Waals surface area contributed by atoms with Gasteiger partial charge in [0.15, 0.2) is 0 Å². The maximum absolute atomic E-state index is 5.44. The molecule has 0 aliphatic carbocycles. The van der Waals surface area contributed by atoms with Crippen LogP contribution >= 0.6 is 0 Å². The zero-order valence-electron chi connectivity index (χ0n) is 5.39. The van der Waals surface area contributed by atoms with E-state index in [-0.39, 0.29) is 0 Å². The van der Waals surface area contributed by atoms with E-state index in [4.69, 9.17) is 5.73 Å². The van der Waals surface area contributed by atoms with Crippen LogP contribution in [-0.4, -0.2) is 24.0 Å². The van der Waals surface area contributed by atoms with Crippen molar-refractivity contribution < 1.29 is 0 Å². The summed E-state index contributed by atoms with van der Waals surface area (Å²) in [6, 6.07) is 1.07. The van der Waals surface area contributed by atoms with Crippen LogP contribution in [0, 0.1) is 0 Å². The van der Waals surface area contributed by atoms with Gasteiger partial charge >= 0.3 is 0 Å². The number of hydrogen-bond acceptors (Lipinski definition) is 2. The van der Waals surface area contributed by atoms with Crippen molar-refractivity contribution in [2.24, 2.45) is 5.73 Å². The number of likely N-dealkylation sites (N-methyl/N-ethyl adjacent to an activating group) is 1. The van der Waals surface area contributed by atoms with Gasteiger partial charge in [0, 0.05) is 11.7 Å². The highest BCUT2D eigenvalue weighted by molar-refractivity contribution is 5.16. The molecule has 0 aromatic rings. The number of hydrogen-bond donors (Lipinski definition) is 1. The van der Waals surface area contributed by atoms with Crippen molar-refractivity contribution in [1.82, 2.24) is 4.90 Å². The summed E-state index contributed by atoms with van der Waals surface area (Å²) < 4.78 is 0. The molecule has 1 fully saturated rings. The summed E-state index contributed by atoms with van der Waals surface area (Å²) in [4.78, 5) is 2.18. The Morgan fingerprint density at radius 1 is 1.75 bits per heavy atom. The van der Waals surface area contributed by atoms with Gasteiger partial charge in [0.1, 0.15) is 0 Å². The standard InChI is InChI=1S/C6H12N2/c1-4(7)6-5(2)8(6)3/h5-6H,1,7H2,2-3H3. The minimum absolute atomic E-state index is 0.454. The summed E-state index contributed by atoms with van der Waals surface area (Å²) in [5, 5.41) is 0. The highest BCUT2D eigenvalue weighted by Gasteiger charge is 2.41. The quantitative estimate of drug-likeness (QED) is 0.490. The van der Waals surface area contributed by atoms with Crippen LogP contribution in [0.4, 0.5) is 0 Å².